The topological polar surface area (TPSA) is 82.8 Å². The zero-order chi connectivity index (χ0) is 31.9. The predicted octanol–water partition coefficient (Wildman–Crippen LogP) is 3.73. The van der Waals surface area contributed by atoms with Gasteiger partial charge in [-0.1, -0.05) is 12.6 Å². The number of nitrogens with zero attached hydrogens (tertiary/aromatic N) is 8. The Kier molecular flexibility index (Phi) is 8.61. The maximum atomic E-state index is 14.3. The van der Waals surface area contributed by atoms with E-state index in [0.29, 0.717) is 51.5 Å². The molecule has 3 aliphatic heterocycles. The highest BCUT2D eigenvalue weighted by Gasteiger charge is 2.40. The molecule has 13 heteroatoms. The molecule has 6 rings (SSSR count). The maximum absolute atomic E-state index is 14.3. The smallest absolute Gasteiger partial charge is 0.368 e. The van der Waals surface area contributed by atoms with Gasteiger partial charge in [-0.2, -0.15) is 23.4 Å². The second kappa shape index (κ2) is 12.5. The summed E-state index contributed by atoms with van der Waals surface area (Å²) in [7, 11) is 1.48. The van der Waals surface area contributed by atoms with Crippen LogP contribution in [0.2, 0.25) is 0 Å². The number of anilines is 3. The van der Waals surface area contributed by atoms with Crippen LogP contribution in [0.5, 0.6) is 0 Å². The van der Waals surface area contributed by atoms with E-state index in [2.05, 4.69) is 22.4 Å². The summed E-state index contributed by atoms with van der Waals surface area (Å²) in [5.74, 6) is 0.774. The quantitative estimate of drug-likeness (QED) is 0.340. The van der Waals surface area contributed by atoms with Crippen molar-refractivity contribution >= 4 is 23.4 Å². The molecule has 1 aromatic heterocycles. The molecular formula is C32H38F4N8O. The van der Waals surface area contributed by atoms with Crippen molar-refractivity contribution in [3.05, 3.63) is 53.5 Å². The minimum Gasteiger partial charge on any atom is -0.368 e. The van der Waals surface area contributed by atoms with Crippen molar-refractivity contribution in [3.8, 4) is 6.07 Å². The SMILES string of the molecule is C=CC(=O)N1CCN(c2nc(N3CC(N(C)CC(F)(F)F)C3)nc3c2CC[C@@H](N2CCCc4ccc(F)cc42)C3)C[C@@H]1CC#N. The van der Waals surface area contributed by atoms with Crippen molar-refractivity contribution in [2.24, 2.45) is 0 Å². The number of carbonyl (C=O) groups is 1. The summed E-state index contributed by atoms with van der Waals surface area (Å²) in [5, 5.41) is 9.51. The third-order valence-electron chi connectivity index (χ3n) is 9.62. The molecule has 0 unspecified atom stereocenters. The van der Waals surface area contributed by atoms with Gasteiger partial charge in [0.05, 0.1) is 30.8 Å². The Morgan fingerprint density at radius 3 is 2.69 bits per heavy atom. The molecule has 0 spiro atoms. The number of aromatic nitrogens is 2. The highest BCUT2D eigenvalue weighted by molar-refractivity contribution is 5.87. The Hall–Kier alpha value is -3.92. The van der Waals surface area contributed by atoms with Crippen molar-refractivity contribution < 1.29 is 22.4 Å². The number of benzene rings is 1. The number of aryl methyl sites for hydroxylation is 1. The van der Waals surface area contributed by atoms with Crippen LogP contribution in [-0.2, 0) is 24.1 Å². The van der Waals surface area contributed by atoms with Crippen LogP contribution in [-0.4, -0.2) is 103 Å². The molecule has 9 nitrogen and oxygen atoms in total. The van der Waals surface area contributed by atoms with E-state index in [-0.39, 0.29) is 36.3 Å². The number of halogens is 4. The van der Waals surface area contributed by atoms with Gasteiger partial charge in [-0.3, -0.25) is 9.69 Å². The third-order valence-corrected chi connectivity index (χ3v) is 9.62. The summed E-state index contributed by atoms with van der Waals surface area (Å²) >= 11 is 0. The van der Waals surface area contributed by atoms with Crippen LogP contribution in [0.25, 0.3) is 0 Å². The van der Waals surface area contributed by atoms with Gasteiger partial charge in [0.15, 0.2) is 0 Å². The number of alkyl halides is 3. The number of carbonyl (C=O) groups excluding carboxylic acids is 1. The highest BCUT2D eigenvalue weighted by Crippen LogP contribution is 2.38. The normalized spacial score (nSPS) is 22.1. The molecule has 2 saturated heterocycles. The lowest BCUT2D eigenvalue weighted by Gasteiger charge is -2.46. The molecule has 2 atom stereocenters. The molecule has 1 aliphatic carbocycles. The van der Waals surface area contributed by atoms with Gasteiger partial charge >= 0.3 is 6.18 Å². The van der Waals surface area contributed by atoms with Crippen LogP contribution in [0.4, 0.5) is 35.0 Å². The molecule has 1 amide bonds. The zero-order valence-corrected chi connectivity index (χ0v) is 25.4. The van der Waals surface area contributed by atoms with E-state index in [9.17, 15) is 27.6 Å². The molecule has 0 radical (unpaired) electrons. The number of likely N-dealkylation sites (N-methyl/N-ethyl adjacent to an activating group) is 1. The zero-order valence-electron chi connectivity index (χ0n) is 25.4. The van der Waals surface area contributed by atoms with Gasteiger partial charge in [-0.15, -0.1) is 0 Å². The number of hydrogen-bond donors (Lipinski definition) is 0. The Morgan fingerprint density at radius 2 is 1.96 bits per heavy atom. The average molecular weight is 627 g/mol. The summed E-state index contributed by atoms with van der Waals surface area (Å²) in [6.07, 6.45) is 1.24. The van der Waals surface area contributed by atoms with Crippen LogP contribution in [0.1, 0.15) is 36.1 Å². The molecule has 240 valence electrons. The molecule has 1 aromatic carbocycles. The fourth-order valence-electron chi connectivity index (χ4n) is 7.23. The molecule has 0 N–H and O–H groups in total. The molecule has 4 heterocycles. The average Bonchev–Trinajstić information content (AvgIpc) is 2.98. The van der Waals surface area contributed by atoms with Crippen LogP contribution >= 0.6 is 0 Å². The summed E-state index contributed by atoms with van der Waals surface area (Å²) in [4.78, 5) is 31.9. The second-order valence-electron chi connectivity index (χ2n) is 12.5. The van der Waals surface area contributed by atoms with Crippen molar-refractivity contribution in [2.75, 3.05) is 67.6 Å². The molecular weight excluding hydrogens is 588 g/mol. The van der Waals surface area contributed by atoms with E-state index >= 15 is 0 Å². The maximum Gasteiger partial charge on any atom is 0.401 e. The largest absolute Gasteiger partial charge is 0.401 e. The third kappa shape index (κ3) is 6.43. The van der Waals surface area contributed by atoms with Gasteiger partial charge in [0, 0.05) is 69.0 Å². The fraction of sp³-hybridized carbons (Fsp3) is 0.562. The van der Waals surface area contributed by atoms with Crippen molar-refractivity contribution in [3.63, 3.8) is 0 Å². The summed E-state index contributed by atoms with van der Waals surface area (Å²) in [6.45, 7) is 5.58. The van der Waals surface area contributed by atoms with E-state index in [1.54, 1.807) is 11.0 Å². The fourth-order valence-corrected chi connectivity index (χ4v) is 7.23. The van der Waals surface area contributed by atoms with Crippen LogP contribution in [0.15, 0.2) is 30.9 Å². The van der Waals surface area contributed by atoms with E-state index in [0.717, 1.165) is 54.1 Å². The first kappa shape index (κ1) is 31.1. The molecule has 2 aromatic rings. The Bertz CT molecular complexity index is 1490. The molecule has 2 fully saturated rings. The first-order chi connectivity index (χ1) is 21.5. The van der Waals surface area contributed by atoms with E-state index in [1.807, 2.05) is 11.0 Å². The molecule has 0 bridgehead atoms. The lowest BCUT2D eigenvalue weighted by molar-refractivity contribution is -0.148. The minimum atomic E-state index is -4.27. The Balaban J connectivity index is 1.30. The van der Waals surface area contributed by atoms with Crippen LogP contribution < -0.4 is 14.7 Å². The molecule has 4 aliphatic rings. The first-order valence-electron chi connectivity index (χ1n) is 15.6. The monoisotopic (exact) mass is 626 g/mol. The van der Waals surface area contributed by atoms with Crippen molar-refractivity contribution in [1.29, 1.82) is 5.26 Å². The van der Waals surface area contributed by atoms with E-state index < -0.39 is 12.7 Å². The van der Waals surface area contributed by atoms with Gasteiger partial charge in [-0.25, -0.2) is 9.37 Å². The Morgan fingerprint density at radius 1 is 1.16 bits per heavy atom. The number of piperazine rings is 1. The minimum absolute atomic E-state index is 0.115. The number of rotatable bonds is 7. The lowest BCUT2D eigenvalue weighted by atomic mass is 9.88. The van der Waals surface area contributed by atoms with Crippen LogP contribution in [0, 0.1) is 17.1 Å². The van der Waals surface area contributed by atoms with Gasteiger partial charge in [0.1, 0.15) is 11.6 Å². The summed E-state index contributed by atoms with van der Waals surface area (Å²) < 4.78 is 53.4. The van der Waals surface area contributed by atoms with Gasteiger partial charge in [0.25, 0.3) is 0 Å². The molecule has 0 saturated carbocycles. The van der Waals surface area contributed by atoms with Crippen molar-refractivity contribution in [2.45, 2.75) is 62.8 Å². The standard InChI is InChI=1S/C32H38F4N8O/c1-3-29(45)44-14-13-41(17-24(44)10-11-37)30-26-9-8-23(43-12-4-5-21-6-7-22(33)15-28(21)43)16-27(26)38-31(39-30)42-18-25(19-42)40(2)20-32(34,35)36/h3,6-7,15,23-25H,1,4-5,8-10,12-14,16-20H2,2H3/t23-,24+/m1/s1. The van der Waals surface area contributed by atoms with Crippen LogP contribution in [0.3, 0.4) is 0 Å². The lowest BCUT2D eigenvalue weighted by Crippen LogP contribution is -2.60. The molecule has 45 heavy (non-hydrogen) atoms. The Labute approximate surface area is 260 Å². The number of hydrogen-bond acceptors (Lipinski definition) is 8. The highest BCUT2D eigenvalue weighted by atomic mass is 19.4. The number of nitriles is 1. The van der Waals surface area contributed by atoms with Gasteiger partial charge < -0.3 is 19.6 Å². The summed E-state index contributed by atoms with van der Waals surface area (Å²) in [5.41, 5.74) is 3.99. The van der Waals surface area contributed by atoms with Gasteiger partial charge in [-0.05, 0) is 56.5 Å². The first-order valence-corrected chi connectivity index (χ1v) is 15.6. The summed E-state index contributed by atoms with van der Waals surface area (Å²) in [6, 6.07) is 6.73. The van der Waals surface area contributed by atoms with Crippen molar-refractivity contribution in [1.82, 2.24) is 19.8 Å². The predicted molar refractivity (Wildman–Crippen MR) is 163 cm³/mol. The number of amides is 1. The van der Waals surface area contributed by atoms with Gasteiger partial charge in [0.2, 0.25) is 11.9 Å². The second-order valence-corrected chi connectivity index (χ2v) is 12.5. The number of fused-ring (bicyclic) bond motifs is 2. The van der Waals surface area contributed by atoms with E-state index in [4.69, 9.17) is 9.97 Å². The van der Waals surface area contributed by atoms with E-state index in [1.165, 1.54) is 24.1 Å².